The first-order chi connectivity index (χ1) is 10.4. The van der Waals surface area contributed by atoms with Crippen molar-refractivity contribution in [2.24, 2.45) is 0 Å². The standard InChI is InChI=1S/C12H6N6S3/c1-2-7(9-4-19-16-13-9)12(11-6-21-18-15-11)8(3-1)10-5-20-17-14-10/h1-6H. The molecular weight excluding hydrogens is 324 g/mol. The van der Waals surface area contributed by atoms with Gasteiger partial charge in [0.1, 0.15) is 17.1 Å². The van der Waals surface area contributed by atoms with Crippen LogP contribution in [0.15, 0.2) is 34.3 Å². The number of benzene rings is 1. The normalized spacial score (nSPS) is 10.9. The maximum atomic E-state index is 4.21. The van der Waals surface area contributed by atoms with Gasteiger partial charge in [-0.15, -0.1) is 15.3 Å². The third-order valence-corrected chi connectivity index (χ3v) is 4.47. The van der Waals surface area contributed by atoms with Crippen molar-refractivity contribution in [1.29, 1.82) is 0 Å². The lowest BCUT2D eigenvalue weighted by atomic mass is 9.96. The van der Waals surface area contributed by atoms with Gasteiger partial charge in [-0.2, -0.15) is 0 Å². The van der Waals surface area contributed by atoms with E-state index in [4.69, 9.17) is 0 Å². The van der Waals surface area contributed by atoms with E-state index in [2.05, 4.69) is 28.8 Å². The topological polar surface area (TPSA) is 77.3 Å². The first kappa shape index (κ1) is 12.6. The first-order valence-corrected chi connectivity index (χ1v) is 8.40. The Morgan fingerprint density at radius 3 is 1.52 bits per heavy atom. The Hall–Kier alpha value is -2.10. The zero-order chi connectivity index (χ0) is 14.1. The van der Waals surface area contributed by atoms with Gasteiger partial charge in [-0.05, 0) is 34.6 Å². The highest BCUT2D eigenvalue weighted by Gasteiger charge is 2.18. The molecule has 0 aliphatic rings. The highest BCUT2D eigenvalue weighted by Crippen LogP contribution is 2.38. The van der Waals surface area contributed by atoms with E-state index in [9.17, 15) is 0 Å². The van der Waals surface area contributed by atoms with Crippen LogP contribution in [0.4, 0.5) is 0 Å². The number of nitrogens with zero attached hydrogens (tertiary/aromatic N) is 6. The van der Waals surface area contributed by atoms with Crippen LogP contribution in [0.2, 0.25) is 0 Å². The van der Waals surface area contributed by atoms with E-state index in [-0.39, 0.29) is 0 Å². The van der Waals surface area contributed by atoms with Gasteiger partial charge in [0.05, 0.1) is 0 Å². The molecule has 0 aliphatic heterocycles. The summed E-state index contributed by atoms with van der Waals surface area (Å²) in [6, 6.07) is 6.00. The quantitative estimate of drug-likeness (QED) is 0.574. The number of rotatable bonds is 3. The van der Waals surface area contributed by atoms with Gasteiger partial charge in [-0.25, -0.2) is 0 Å². The van der Waals surface area contributed by atoms with Crippen LogP contribution in [-0.2, 0) is 0 Å². The molecular formula is C12H6N6S3. The fraction of sp³-hybridized carbons (Fsp3) is 0. The van der Waals surface area contributed by atoms with Gasteiger partial charge < -0.3 is 0 Å². The minimum absolute atomic E-state index is 0.812. The number of aromatic nitrogens is 6. The summed E-state index contributed by atoms with van der Waals surface area (Å²) in [6.07, 6.45) is 0. The molecule has 3 heterocycles. The Labute approximate surface area is 131 Å². The Bertz CT molecular complexity index is 787. The molecule has 0 N–H and O–H groups in total. The largest absolute Gasteiger partial charge is 0.138 e. The van der Waals surface area contributed by atoms with Crippen molar-refractivity contribution in [3.8, 4) is 33.8 Å². The molecule has 4 aromatic rings. The molecule has 0 unspecified atom stereocenters. The second-order valence-corrected chi connectivity index (χ2v) is 5.93. The molecule has 0 saturated heterocycles. The zero-order valence-electron chi connectivity index (χ0n) is 10.4. The molecule has 0 bridgehead atoms. The summed E-state index contributed by atoms with van der Waals surface area (Å²) >= 11 is 3.96. The number of hydrogen-bond acceptors (Lipinski definition) is 9. The van der Waals surface area contributed by atoms with E-state index in [1.165, 1.54) is 34.6 Å². The molecule has 0 saturated carbocycles. The maximum absolute atomic E-state index is 4.21. The van der Waals surface area contributed by atoms with Crippen molar-refractivity contribution in [3.05, 3.63) is 34.3 Å². The molecule has 4 rings (SSSR count). The van der Waals surface area contributed by atoms with Crippen molar-refractivity contribution in [2.45, 2.75) is 0 Å². The highest BCUT2D eigenvalue weighted by atomic mass is 32.1. The van der Waals surface area contributed by atoms with Crippen LogP contribution in [0.1, 0.15) is 0 Å². The Kier molecular flexibility index (Phi) is 3.22. The van der Waals surface area contributed by atoms with E-state index < -0.39 is 0 Å². The van der Waals surface area contributed by atoms with Crippen LogP contribution in [0, 0.1) is 0 Å². The van der Waals surface area contributed by atoms with Gasteiger partial charge in [-0.3, -0.25) is 0 Å². The molecule has 102 valence electrons. The summed E-state index contributed by atoms with van der Waals surface area (Å²) in [5.41, 5.74) is 5.38. The summed E-state index contributed by atoms with van der Waals surface area (Å²) < 4.78 is 11.9. The average Bonchev–Trinajstić information content (AvgIpc) is 3.28. The van der Waals surface area contributed by atoms with Crippen molar-refractivity contribution >= 4 is 34.6 Å². The van der Waals surface area contributed by atoms with Crippen LogP contribution in [0.25, 0.3) is 33.8 Å². The van der Waals surface area contributed by atoms with Gasteiger partial charge in [0.2, 0.25) is 0 Å². The monoisotopic (exact) mass is 330 g/mol. The summed E-state index contributed by atoms with van der Waals surface area (Å²) in [5, 5.41) is 18.3. The molecule has 1 aromatic carbocycles. The van der Waals surface area contributed by atoms with Crippen molar-refractivity contribution < 1.29 is 0 Å². The van der Waals surface area contributed by atoms with Crippen molar-refractivity contribution in [3.63, 3.8) is 0 Å². The molecule has 3 aromatic heterocycles. The van der Waals surface area contributed by atoms with E-state index in [0.29, 0.717) is 0 Å². The molecule has 9 heteroatoms. The Morgan fingerprint density at radius 1 is 0.619 bits per heavy atom. The third kappa shape index (κ3) is 2.24. The molecule has 0 aliphatic carbocycles. The second-order valence-electron chi connectivity index (χ2n) is 4.10. The van der Waals surface area contributed by atoms with E-state index >= 15 is 0 Å². The van der Waals surface area contributed by atoms with Crippen LogP contribution in [0.5, 0.6) is 0 Å². The van der Waals surface area contributed by atoms with Gasteiger partial charge in [0.25, 0.3) is 0 Å². The average molecular weight is 330 g/mol. The predicted octanol–water partition coefficient (Wildman–Crippen LogP) is 3.24. The summed E-state index contributed by atoms with van der Waals surface area (Å²) in [4.78, 5) is 0. The zero-order valence-corrected chi connectivity index (χ0v) is 12.8. The Balaban J connectivity index is 2.03. The number of hydrogen-bond donors (Lipinski definition) is 0. The molecule has 0 spiro atoms. The summed E-state index contributed by atoms with van der Waals surface area (Å²) in [7, 11) is 0. The minimum atomic E-state index is 0.812. The first-order valence-electron chi connectivity index (χ1n) is 5.89. The molecule has 0 fully saturated rings. The fourth-order valence-electron chi connectivity index (χ4n) is 2.09. The van der Waals surface area contributed by atoms with Gasteiger partial charge >= 0.3 is 0 Å². The smallest absolute Gasteiger partial charge is 0.107 e. The molecule has 0 radical (unpaired) electrons. The molecule has 0 atom stereocenters. The van der Waals surface area contributed by atoms with Crippen molar-refractivity contribution in [1.82, 2.24) is 28.8 Å². The van der Waals surface area contributed by atoms with Crippen LogP contribution in [-0.4, -0.2) is 28.8 Å². The lowest BCUT2D eigenvalue weighted by molar-refractivity contribution is 1.14. The Morgan fingerprint density at radius 2 is 1.10 bits per heavy atom. The summed E-state index contributed by atoms with van der Waals surface area (Å²) in [5.74, 6) is 0. The lowest BCUT2D eigenvalue weighted by Gasteiger charge is -2.09. The van der Waals surface area contributed by atoms with Gasteiger partial charge in [0.15, 0.2) is 0 Å². The van der Waals surface area contributed by atoms with Crippen molar-refractivity contribution in [2.75, 3.05) is 0 Å². The van der Waals surface area contributed by atoms with Crippen LogP contribution in [0.3, 0.4) is 0 Å². The third-order valence-electron chi connectivity index (χ3n) is 2.95. The predicted molar refractivity (Wildman–Crippen MR) is 83.2 cm³/mol. The molecule has 0 amide bonds. The van der Waals surface area contributed by atoms with Crippen LogP contribution < -0.4 is 0 Å². The maximum Gasteiger partial charge on any atom is 0.107 e. The summed E-state index contributed by atoms with van der Waals surface area (Å²) in [6.45, 7) is 0. The highest BCUT2D eigenvalue weighted by molar-refractivity contribution is 7.04. The van der Waals surface area contributed by atoms with Gasteiger partial charge in [0, 0.05) is 32.8 Å². The second kappa shape index (κ2) is 5.35. The van der Waals surface area contributed by atoms with E-state index in [1.807, 2.05) is 34.3 Å². The molecule has 6 nitrogen and oxygen atoms in total. The van der Waals surface area contributed by atoms with E-state index in [0.717, 1.165) is 33.8 Å². The molecule has 21 heavy (non-hydrogen) atoms. The van der Waals surface area contributed by atoms with Crippen LogP contribution >= 0.6 is 34.6 Å². The van der Waals surface area contributed by atoms with Gasteiger partial charge in [-0.1, -0.05) is 31.7 Å². The fourth-order valence-corrected chi connectivity index (χ4v) is 3.45. The SMILES string of the molecule is c1cc(-c2csnn2)c(-c2csnn2)c(-c2csnn2)c1. The lowest BCUT2D eigenvalue weighted by Crippen LogP contribution is -1.91. The van der Waals surface area contributed by atoms with E-state index in [1.54, 1.807) is 0 Å². The minimum Gasteiger partial charge on any atom is -0.138 e.